The summed E-state index contributed by atoms with van der Waals surface area (Å²) in [4.78, 5) is 1.33. The number of hydrogen-bond acceptors (Lipinski definition) is 3. The van der Waals surface area contributed by atoms with Crippen LogP contribution in [0.2, 0.25) is 0 Å². The smallest absolute Gasteiger partial charge is 0.0773 e. The first-order chi connectivity index (χ1) is 6.95. The van der Waals surface area contributed by atoms with Gasteiger partial charge in [0.05, 0.1) is 6.10 Å². The molecule has 0 aliphatic heterocycles. The summed E-state index contributed by atoms with van der Waals surface area (Å²) in [6.45, 7) is 6.49. The third-order valence-electron chi connectivity index (χ3n) is 2.51. The van der Waals surface area contributed by atoms with Gasteiger partial charge in [-0.25, -0.2) is 0 Å². The molecule has 2 atom stereocenters. The van der Waals surface area contributed by atoms with E-state index >= 15 is 0 Å². The van der Waals surface area contributed by atoms with E-state index in [1.54, 1.807) is 18.4 Å². The van der Waals surface area contributed by atoms with Crippen LogP contribution in [-0.2, 0) is 11.2 Å². The van der Waals surface area contributed by atoms with Crippen molar-refractivity contribution in [1.82, 2.24) is 0 Å². The minimum absolute atomic E-state index is 0.0636. The minimum Gasteiger partial charge on any atom is -0.379 e. The molecule has 1 rings (SSSR count). The lowest BCUT2D eigenvalue weighted by Gasteiger charge is -2.33. The monoisotopic (exact) mass is 227 g/mol. The van der Waals surface area contributed by atoms with E-state index in [1.807, 2.05) is 0 Å². The standard InChI is InChI=1S/C12H21NOS/c1-12(2,3)11(14-4)10(13)8-9-6-5-7-15-9/h5-7,10-11H,8,13H2,1-4H3. The van der Waals surface area contributed by atoms with E-state index in [2.05, 4.69) is 38.3 Å². The molecule has 0 saturated heterocycles. The van der Waals surface area contributed by atoms with Crippen molar-refractivity contribution in [1.29, 1.82) is 0 Å². The Kier molecular flexibility index (Phi) is 4.32. The van der Waals surface area contributed by atoms with Crippen LogP contribution in [-0.4, -0.2) is 19.3 Å². The average Bonchev–Trinajstić information content (AvgIpc) is 2.54. The Morgan fingerprint density at radius 3 is 2.53 bits per heavy atom. The van der Waals surface area contributed by atoms with Crippen LogP contribution in [0.3, 0.4) is 0 Å². The Morgan fingerprint density at radius 1 is 1.47 bits per heavy atom. The lowest BCUT2D eigenvalue weighted by atomic mass is 9.83. The Balaban J connectivity index is 2.62. The molecule has 2 N–H and O–H groups in total. The highest BCUT2D eigenvalue weighted by Crippen LogP contribution is 2.25. The van der Waals surface area contributed by atoms with E-state index in [0.29, 0.717) is 0 Å². The van der Waals surface area contributed by atoms with Crippen LogP contribution in [0, 0.1) is 5.41 Å². The van der Waals surface area contributed by atoms with Crippen molar-refractivity contribution < 1.29 is 4.74 Å². The van der Waals surface area contributed by atoms with Gasteiger partial charge in [-0.15, -0.1) is 11.3 Å². The fourth-order valence-corrected chi connectivity index (χ4v) is 2.72. The van der Waals surface area contributed by atoms with Gasteiger partial charge >= 0.3 is 0 Å². The molecule has 15 heavy (non-hydrogen) atoms. The molecule has 1 aromatic rings. The largest absolute Gasteiger partial charge is 0.379 e. The van der Waals surface area contributed by atoms with Crippen LogP contribution in [0.4, 0.5) is 0 Å². The molecule has 0 spiro atoms. The summed E-state index contributed by atoms with van der Waals surface area (Å²) in [5, 5.41) is 2.08. The summed E-state index contributed by atoms with van der Waals surface area (Å²) in [7, 11) is 1.74. The van der Waals surface area contributed by atoms with Crippen molar-refractivity contribution >= 4 is 11.3 Å². The van der Waals surface area contributed by atoms with Gasteiger partial charge < -0.3 is 10.5 Å². The number of nitrogens with two attached hydrogens (primary N) is 1. The molecule has 0 amide bonds. The zero-order valence-electron chi connectivity index (χ0n) is 9.99. The Morgan fingerprint density at radius 2 is 2.13 bits per heavy atom. The van der Waals surface area contributed by atoms with Gasteiger partial charge in [0.2, 0.25) is 0 Å². The second kappa shape index (κ2) is 5.10. The van der Waals surface area contributed by atoms with Gasteiger partial charge in [-0.3, -0.25) is 0 Å². The lowest BCUT2D eigenvalue weighted by Crippen LogP contribution is -2.45. The number of rotatable bonds is 4. The molecule has 0 aromatic carbocycles. The van der Waals surface area contributed by atoms with Gasteiger partial charge in [0.15, 0.2) is 0 Å². The van der Waals surface area contributed by atoms with Crippen molar-refractivity contribution in [2.75, 3.05) is 7.11 Å². The van der Waals surface area contributed by atoms with Crippen LogP contribution in [0.5, 0.6) is 0 Å². The number of thiophene rings is 1. The van der Waals surface area contributed by atoms with Crippen LogP contribution in [0.25, 0.3) is 0 Å². The van der Waals surface area contributed by atoms with Gasteiger partial charge in [-0.05, 0) is 23.3 Å². The van der Waals surface area contributed by atoms with Crippen molar-refractivity contribution in [3.05, 3.63) is 22.4 Å². The van der Waals surface area contributed by atoms with Crippen molar-refractivity contribution in [2.24, 2.45) is 11.1 Å². The summed E-state index contributed by atoms with van der Waals surface area (Å²) in [6, 6.07) is 4.25. The van der Waals surface area contributed by atoms with E-state index in [0.717, 1.165) is 6.42 Å². The van der Waals surface area contributed by atoms with E-state index < -0.39 is 0 Å². The summed E-state index contributed by atoms with van der Waals surface area (Å²) in [6.07, 6.45) is 0.993. The summed E-state index contributed by atoms with van der Waals surface area (Å²) >= 11 is 1.75. The van der Waals surface area contributed by atoms with Crippen LogP contribution >= 0.6 is 11.3 Å². The highest BCUT2D eigenvalue weighted by molar-refractivity contribution is 7.09. The molecule has 0 aliphatic rings. The van der Waals surface area contributed by atoms with E-state index in [4.69, 9.17) is 10.5 Å². The molecule has 2 unspecified atom stereocenters. The predicted molar refractivity (Wildman–Crippen MR) is 66.3 cm³/mol. The molecular formula is C12H21NOS. The SMILES string of the molecule is COC(C(N)Cc1cccs1)C(C)(C)C. The number of hydrogen-bond donors (Lipinski definition) is 1. The van der Waals surface area contributed by atoms with Gasteiger partial charge in [0.25, 0.3) is 0 Å². The first-order valence-electron chi connectivity index (χ1n) is 5.26. The molecule has 3 heteroatoms. The molecular weight excluding hydrogens is 206 g/mol. The van der Waals surface area contributed by atoms with Crippen molar-refractivity contribution in [3.8, 4) is 0 Å². The maximum atomic E-state index is 6.19. The van der Waals surface area contributed by atoms with E-state index in [-0.39, 0.29) is 17.6 Å². The van der Waals surface area contributed by atoms with Gasteiger partial charge in [0.1, 0.15) is 0 Å². The van der Waals surface area contributed by atoms with E-state index in [9.17, 15) is 0 Å². The maximum absolute atomic E-state index is 6.19. The summed E-state index contributed by atoms with van der Waals surface area (Å²) < 4.78 is 5.50. The average molecular weight is 227 g/mol. The zero-order chi connectivity index (χ0) is 11.5. The van der Waals surface area contributed by atoms with E-state index in [1.165, 1.54) is 4.88 Å². The highest BCUT2D eigenvalue weighted by atomic mass is 32.1. The number of methoxy groups -OCH3 is 1. The van der Waals surface area contributed by atoms with Gasteiger partial charge in [-0.2, -0.15) is 0 Å². The summed E-state index contributed by atoms with van der Waals surface area (Å²) in [5.74, 6) is 0. The third-order valence-corrected chi connectivity index (χ3v) is 3.41. The first-order valence-corrected chi connectivity index (χ1v) is 6.14. The Hall–Kier alpha value is -0.380. The zero-order valence-corrected chi connectivity index (χ0v) is 10.8. The third kappa shape index (κ3) is 3.59. The predicted octanol–water partition coefficient (Wildman–Crippen LogP) is 2.68. The van der Waals surface area contributed by atoms with Crippen LogP contribution in [0.1, 0.15) is 25.6 Å². The molecule has 0 saturated carbocycles. The molecule has 0 bridgehead atoms. The molecule has 86 valence electrons. The topological polar surface area (TPSA) is 35.2 Å². The quantitative estimate of drug-likeness (QED) is 0.858. The Bertz CT molecular complexity index is 276. The lowest BCUT2D eigenvalue weighted by molar-refractivity contribution is -0.00149. The molecule has 2 nitrogen and oxygen atoms in total. The molecule has 0 radical (unpaired) electrons. The van der Waals surface area contributed by atoms with Gasteiger partial charge in [0, 0.05) is 18.0 Å². The van der Waals surface area contributed by atoms with Crippen LogP contribution < -0.4 is 5.73 Å². The second-order valence-corrected chi connectivity index (χ2v) is 6.00. The molecule has 1 aromatic heterocycles. The van der Waals surface area contributed by atoms with Gasteiger partial charge in [-0.1, -0.05) is 26.8 Å². The normalized spacial score (nSPS) is 16.3. The maximum Gasteiger partial charge on any atom is 0.0773 e. The first kappa shape index (κ1) is 12.7. The molecule has 1 heterocycles. The molecule has 0 fully saturated rings. The summed E-state index contributed by atoms with van der Waals surface area (Å²) in [5.41, 5.74) is 6.28. The fraction of sp³-hybridized carbons (Fsp3) is 0.667. The number of ether oxygens (including phenoxy) is 1. The minimum atomic E-state index is 0.0636. The van der Waals surface area contributed by atoms with Crippen molar-refractivity contribution in [3.63, 3.8) is 0 Å². The Labute approximate surface area is 96.4 Å². The van der Waals surface area contributed by atoms with Crippen molar-refractivity contribution in [2.45, 2.75) is 39.3 Å². The molecule has 0 aliphatic carbocycles. The second-order valence-electron chi connectivity index (χ2n) is 4.97. The highest BCUT2D eigenvalue weighted by Gasteiger charge is 2.30. The fourth-order valence-electron chi connectivity index (χ4n) is 1.94. The van der Waals surface area contributed by atoms with Crippen LogP contribution in [0.15, 0.2) is 17.5 Å².